The standard InChI is InChI=1S/C38H33N2O.C35H31FNO.Ir/c1-22(2)26-13-10-14-27(23(3)4)35(26)36-29-12-6-8-15-32(29)40-37(36)25-20-30-28-11-7-9-16-34(28)41-38(30)31(21-25)33-19-24(5)17-18-39-33;1-22(2)30-18-26(24-10-6-5-7-11-24)19-31(23(3)4)35(30)27-20-32(25-14-16-28(36)17-15-25)37-33(21-27)29-12-8-9-13-34(29)38;/h6-20,22-23,36H,1-5H3;5-14,16-23,38H,1-4H3;/q2*-1;. The van der Waals surface area contributed by atoms with Crippen LogP contribution in [-0.4, -0.2) is 20.8 Å². The Morgan fingerprint density at radius 2 is 1.21 bits per heavy atom. The van der Waals surface area contributed by atoms with E-state index in [9.17, 15) is 9.50 Å². The maximum Gasteiger partial charge on any atom is 0.124 e. The molecule has 1 aliphatic rings. The Hall–Kier alpha value is -8.09. The van der Waals surface area contributed by atoms with E-state index in [-0.39, 0.29) is 49.4 Å². The van der Waals surface area contributed by atoms with Gasteiger partial charge in [-0.2, -0.15) is 0 Å². The van der Waals surface area contributed by atoms with Crippen molar-refractivity contribution < 1.29 is 34.0 Å². The summed E-state index contributed by atoms with van der Waals surface area (Å²) in [4.78, 5) is 15.0. The van der Waals surface area contributed by atoms with Crippen molar-refractivity contribution in [3.8, 4) is 61.8 Å². The minimum atomic E-state index is -0.341. The van der Waals surface area contributed by atoms with E-state index in [2.05, 4.69) is 190 Å². The van der Waals surface area contributed by atoms with Gasteiger partial charge in [-0.05, 0) is 139 Å². The fourth-order valence-corrected chi connectivity index (χ4v) is 11.3. The number of pyridine rings is 2. The van der Waals surface area contributed by atoms with Crippen LogP contribution in [-0.2, 0) is 20.1 Å². The number of aromatic nitrogens is 2. The van der Waals surface area contributed by atoms with Crippen molar-refractivity contribution in [2.45, 2.75) is 91.9 Å². The molecule has 1 radical (unpaired) electrons. The van der Waals surface area contributed by atoms with Crippen molar-refractivity contribution in [2.75, 3.05) is 0 Å². The molecule has 0 bridgehead atoms. The maximum atomic E-state index is 13.7. The molecule has 0 amide bonds. The second kappa shape index (κ2) is 23.3. The van der Waals surface area contributed by atoms with Crippen LogP contribution in [0, 0.1) is 24.9 Å². The number of fused-ring (bicyclic) bond motifs is 4. The van der Waals surface area contributed by atoms with Crippen molar-refractivity contribution >= 4 is 33.3 Å². The number of furan rings is 1. The zero-order valence-electron chi connectivity index (χ0n) is 46.7. The molecule has 4 heterocycles. The van der Waals surface area contributed by atoms with Crippen molar-refractivity contribution in [1.29, 1.82) is 0 Å². The minimum absolute atomic E-state index is 0. The molecule has 0 spiro atoms. The number of aryl methyl sites for hydroxylation is 1. The van der Waals surface area contributed by atoms with Crippen molar-refractivity contribution in [3.05, 3.63) is 251 Å². The van der Waals surface area contributed by atoms with E-state index < -0.39 is 0 Å². The SMILES string of the molecule is CC(C)c1cc(-c2ccccc2)cc(C(C)C)c1-c1cc(-c2[c-]cc(F)cc2)nc(-c2ccccc2O)c1.Cc1ccnc(-c2[c-]c(C3=Nc4ccccc4C3c3c(C(C)C)cccc3C(C)C)cc3c2oc2ccccc23)c1.[Ir]. The zero-order valence-corrected chi connectivity index (χ0v) is 49.1. The molecule has 8 aromatic carbocycles. The average Bonchev–Trinajstić information content (AvgIpc) is 4.04. The van der Waals surface area contributed by atoms with Crippen LogP contribution in [0.2, 0.25) is 0 Å². The van der Waals surface area contributed by atoms with Gasteiger partial charge in [-0.1, -0.05) is 188 Å². The Morgan fingerprint density at radius 1 is 0.562 bits per heavy atom. The van der Waals surface area contributed by atoms with Gasteiger partial charge in [0.15, 0.2) is 0 Å². The van der Waals surface area contributed by atoms with Gasteiger partial charge in [0.05, 0.1) is 17.0 Å². The molecule has 3 aromatic heterocycles. The second-order valence-electron chi connectivity index (χ2n) is 22.0. The molecule has 0 saturated carbocycles. The molecule has 80 heavy (non-hydrogen) atoms. The van der Waals surface area contributed by atoms with E-state index in [1.54, 1.807) is 18.2 Å². The molecule has 11 aromatic rings. The van der Waals surface area contributed by atoms with Gasteiger partial charge in [-0.25, -0.2) is 0 Å². The van der Waals surface area contributed by atoms with Crippen LogP contribution >= 0.6 is 0 Å². The third kappa shape index (κ3) is 10.9. The molecule has 7 heteroatoms. The largest absolute Gasteiger partial charge is 0.507 e. The van der Waals surface area contributed by atoms with Crippen LogP contribution in [0.4, 0.5) is 10.1 Å². The number of nitrogens with zero attached hydrogens (tertiary/aromatic N) is 3. The molecule has 1 atom stereocenters. The molecule has 1 unspecified atom stereocenters. The summed E-state index contributed by atoms with van der Waals surface area (Å²) in [6.07, 6.45) is 1.86. The van der Waals surface area contributed by atoms with Gasteiger partial charge < -0.3 is 9.52 Å². The quantitative estimate of drug-likeness (QED) is 0.131. The van der Waals surface area contributed by atoms with E-state index in [4.69, 9.17) is 19.4 Å². The first-order valence-electron chi connectivity index (χ1n) is 27.5. The normalized spacial score (nSPS) is 13.0. The van der Waals surface area contributed by atoms with Crippen LogP contribution in [0.3, 0.4) is 0 Å². The molecule has 0 saturated heterocycles. The predicted octanol–water partition coefficient (Wildman–Crippen LogP) is 19.9. The first-order valence-corrected chi connectivity index (χ1v) is 27.5. The molecule has 0 fully saturated rings. The number of phenols is 1. The molecular formula is C73H64FIrN3O2-2. The monoisotopic (exact) mass is 1230 g/mol. The molecule has 0 aliphatic carbocycles. The minimum Gasteiger partial charge on any atom is -0.507 e. The molecule has 5 nitrogen and oxygen atoms in total. The van der Waals surface area contributed by atoms with Crippen LogP contribution in [0.1, 0.15) is 129 Å². The summed E-state index contributed by atoms with van der Waals surface area (Å²) >= 11 is 0. The van der Waals surface area contributed by atoms with Gasteiger partial charge >= 0.3 is 0 Å². The van der Waals surface area contributed by atoms with Gasteiger partial charge in [0, 0.05) is 54.7 Å². The smallest absolute Gasteiger partial charge is 0.124 e. The average molecular weight is 1230 g/mol. The van der Waals surface area contributed by atoms with Crippen LogP contribution < -0.4 is 0 Å². The van der Waals surface area contributed by atoms with E-state index in [0.717, 1.165) is 61.3 Å². The summed E-state index contributed by atoms with van der Waals surface area (Å²) in [5.41, 5.74) is 22.7. The van der Waals surface area contributed by atoms with E-state index in [1.807, 2.05) is 42.6 Å². The maximum absolute atomic E-state index is 13.7. The van der Waals surface area contributed by atoms with Gasteiger partial charge in [0.25, 0.3) is 0 Å². The first kappa shape index (κ1) is 55.2. The molecular weight excluding hydrogens is 1160 g/mol. The Kier molecular flexibility index (Phi) is 16.1. The van der Waals surface area contributed by atoms with E-state index in [0.29, 0.717) is 34.4 Å². The van der Waals surface area contributed by atoms with E-state index >= 15 is 0 Å². The third-order valence-electron chi connectivity index (χ3n) is 15.2. The van der Waals surface area contributed by atoms with Crippen LogP contribution in [0.25, 0.3) is 78.0 Å². The predicted molar refractivity (Wildman–Crippen MR) is 324 cm³/mol. The number of hydrogen-bond acceptors (Lipinski definition) is 5. The van der Waals surface area contributed by atoms with Gasteiger partial charge in [0.1, 0.15) is 11.3 Å². The van der Waals surface area contributed by atoms with Gasteiger partial charge in [-0.3, -0.25) is 19.4 Å². The van der Waals surface area contributed by atoms with Crippen molar-refractivity contribution in [2.24, 2.45) is 4.99 Å². The second-order valence-corrected chi connectivity index (χ2v) is 22.0. The summed E-state index contributed by atoms with van der Waals surface area (Å²) in [5, 5.41) is 12.8. The summed E-state index contributed by atoms with van der Waals surface area (Å²) in [7, 11) is 0. The summed E-state index contributed by atoms with van der Waals surface area (Å²) in [6, 6.07) is 67.7. The number of benzene rings is 8. The molecule has 1 N–H and O–H groups in total. The molecule has 401 valence electrons. The Bertz CT molecular complexity index is 4030. The fraction of sp³-hybridized carbons (Fsp3) is 0.192. The Balaban J connectivity index is 0.000000178. The van der Waals surface area contributed by atoms with Crippen LogP contribution in [0.15, 0.2) is 198 Å². The number of halogens is 1. The zero-order chi connectivity index (χ0) is 55.1. The Morgan fingerprint density at radius 3 is 1.89 bits per heavy atom. The summed E-state index contributed by atoms with van der Waals surface area (Å²) < 4.78 is 20.2. The first-order chi connectivity index (χ1) is 38.2. The third-order valence-corrected chi connectivity index (χ3v) is 15.2. The van der Waals surface area contributed by atoms with Gasteiger partial charge in [-0.15, -0.1) is 47.5 Å². The van der Waals surface area contributed by atoms with E-state index in [1.165, 1.54) is 62.2 Å². The van der Waals surface area contributed by atoms with Crippen LogP contribution in [0.5, 0.6) is 5.75 Å². The van der Waals surface area contributed by atoms with Crippen molar-refractivity contribution in [3.63, 3.8) is 0 Å². The molecule has 1 aliphatic heterocycles. The summed E-state index contributed by atoms with van der Waals surface area (Å²) in [6.45, 7) is 20.1. The van der Waals surface area contributed by atoms with Gasteiger partial charge in [0.2, 0.25) is 0 Å². The van der Waals surface area contributed by atoms with Crippen molar-refractivity contribution in [1.82, 2.24) is 9.97 Å². The topological polar surface area (TPSA) is 71.5 Å². The summed E-state index contributed by atoms with van der Waals surface area (Å²) in [5.74, 6) is 1.14. The number of para-hydroxylation sites is 3. The number of aromatic hydroxyl groups is 1. The number of phenolic OH excluding ortho intramolecular Hbond substituents is 1. The Labute approximate surface area is 483 Å². The molecule has 12 rings (SSSR count). The fourth-order valence-electron chi connectivity index (χ4n) is 11.3. The number of hydrogen-bond donors (Lipinski definition) is 1. The number of aliphatic imine (C=N–C) groups is 1. The number of rotatable bonds is 11.